The van der Waals surface area contributed by atoms with Crippen LogP contribution in [0.1, 0.15) is 290 Å². The fourth-order valence-corrected chi connectivity index (χ4v) is 10.3. The lowest BCUT2D eigenvalue weighted by Gasteiger charge is -2.41. The zero-order valence-corrected chi connectivity index (χ0v) is 53.7. The molecule has 484 valence electrons. The number of esters is 1. The second kappa shape index (κ2) is 59.9. The molecular formula is C73H127NO10. The summed E-state index contributed by atoms with van der Waals surface area (Å²) in [5, 5.41) is 57.2. The lowest BCUT2D eigenvalue weighted by Crippen LogP contribution is -2.61. The Bertz CT molecular complexity index is 1740. The Morgan fingerprint density at radius 1 is 0.476 bits per heavy atom. The number of aliphatic hydroxyl groups excluding tert-OH is 5. The van der Waals surface area contributed by atoms with Crippen LogP contribution in [0.2, 0.25) is 0 Å². The molecule has 1 heterocycles. The number of ether oxygens (including phenoxy) is 3. The summed E-state index contributed by atoms with van der Waals surface area (Å²) in [5.41, 5.74) is 0. The van der Waals surface area contributed by atoms with E-state index in [1.54, 1.807) is 6.08 Å². The summed E-state index contributed by atoms with van der Waals surface area (Å²) in [6, 6.07) is -1.03. The molecule has 1 aliphatic heterocycles. The monoisotopic (exact) mass is 1180 g/mol. The molecule has 0 aliphatic carbocycles. The van der Waals surface area contributed by atoms with E-state index < -0.39 is 67.4 Å². The van der Waals surface area contributed by atoms with Gasteiger partial charge in [-0.1, -0.05) is 279 Å². The second-order valence-corrected chi connectivity index (χ2v) is 23.5. The minimum absolute atomic E-state index is 0.106. The summed E-state index contributed by atoms with van der Waals surface area (Å²) in [6.07, 6.45) is 70.1. The van der Waals surface area contributed by atoms with Crippen LogP contribution in [0.25, 0.3) is 0 Å². The lowest BCUT2D eigenvalue weighted by molar-refractivity contribution is -0.305. The van der Waals surface area contributed by atoms with E-state index in [2.05, 4.69) is 111 Å². The van der Waals surface area contributed by atoms with E-state index in [0.29, 0.717) is 12.8 Å². The predicted octanol–water partition coefficient (Wildman–Crippen LogP) is 17.5. The molecule has 0 bridgehead atoms. The number of unbranched alkanes of at least 4 members (excludes halogenated alkanes) is 30. The van der Waals surface area contributed by atoms with E-state index in [-0.39, 0.29) is 19.4 Å². The molecule has 1 rings (SSSR count). The molecule has 11 heteroatoms. The van der Waals surface area contributed by atoms with Gasteiger partial charge in [-0.25, -0.2) is 0 Å². The first-order chi connectivity index (χ1) is 41.2. The van der Waals surface area contributed by atoms with Crippen molar-refractivity contribution in [2.45, 2.75) is 339 Å². The van der Waals surface area contributed by atoms with Gasteiger partial charge in [-0.2, -0.15) is 0 Å². The van der Waals surface area contributed by atoms with Crippen LogP contribution in [0.15, 0.2) is 97.2 Å². The summed E-state index contributed by atoms with van der Waals surface area (Å²) >= 11 is 0. The SMILES string of the molecule is CC/C=C\C/C=C\C/C=C\C/C=C\C/C=C\CCCCCCCCCC(=O)OC1C(OCC(NC(=O)C(O)CCCCCCCCCCCC/C=C\C/C=C\CCCCC)C(O)/C=C/CCCCCCCCCCCC)OC(CO)C(O)C1O. The Morgan fingerprint density at radius 2 is 0.857 bits per heavy atom. The van der Waals surface area contributed by atoms with Gasteiger partial charge in [-0.3, -0.25) is 9.59 Å². The summed E-state index contributed by atoms with van der Waals surface area (Å²) in [5.74, 6) is -1.21. The van der Waals surface area contributed by atoms with Crippen molar-refractivity contribution in [1.29, 1.82) is 0 Å². The maximum Gasteiger partial charge on any atom is 0.306 e. The van der Waals surface area contributed by atoms with Gasteiger partial charge in [-0.05, 0) is 103 Å². The first-order valence-electron chi connectivity index (χ1n) is 34.5. The third kappa shape index (κ3) is 46.8. The third-order valence-electron chi connectivity index (χ3n) is 15.7. The Morgan fingerprint density at radius 3 is 1.31 bits per heavy atom. The van der Waals surface area contributed by atoms with Crippen molar-refractivity contribution in [3.8, 4) is 0 Å². The summed E-state index contributed by atoms with van der Waals surface area (Å²) < 4.78 is 17.7. The molecule has 0 aromatic heterocycles. The smallest absolute Gasteiger partial charge is 0.306 e. The highest BCUT2D eigenvalue weighted by Crippen LogP contribution is 2.26. The van der Waals surface area contributed by atoms with Crippen molar-refractivity contribution in [2.75, 3.05) is 13.2 Å². The van der Waals surface area contributed by atoms with E-state index >= 15 is 0 Å². The molecule has 6 N–H and O–H groups in total. The number of hydrogen-bond acceptors (Lipinski definition) is 10. The number of allylic oxidation sites excluding steroid dienone is 15. The van der Waals surface area contributed by atoms with Gasteiger partial charge < -0.3 is 45.1 Å². The van der Waals surface area contributed by atoms with Crippen molar-refractivity contribution in [3.63, 3.8) is 0 Å². The van der Waals surface area contributed by atoms with Crippen LogP contribution < -0.4 is 5.32 Å². The Balaban J connectivity index is 2.61. The number of amides is 1. The number of carbonyl (C=O) groups excluding carboxylic acids is 2. The van der Waals surface area contributed by atoms with E-state index in [9.17, 15) is 35.1 Å². The maximum atomic E-state index is 13.5. The van der Waals surface area contributed by atoms with Crippen molar-refractivity contribution in [3.05, 3.63) is 97.2 Å². The molecule has 8 atom stereocenters. The van der Waals surface area contributed by atoms with Gasteiger partial charge >= 0.3 is 5.97 Å². The van der Waals surface area contributed by atoms with Crippen LogP contribution in [-0.4, -0.2) is 99.6 Å². The highest BCUT2D eigenvalue weighted by molar-refractivity contribution is 5.80. The summed E-state index contributed by atoms with van der Waals surface area (Å²) in [7, 11) is 0. The average molecular weight is 1180 g/mol. The van der Waals surface area contributed by atoms with Crippen molar-refractivity contribution in [1.82, 2.24) is 5.32 Å². The molecule has 8 unspecified atom stereocenters. The average Bonchev–Trinajstić information content (AvgIpc) is 3.65. The van der Waals surface area contributed by atoms with Gasteiger partial charge in [0, 0.05) is 6.42 Å². The molecule has 0 spiro atoms. The quantitative estimate of drug-likeness (QED) is 0.0195. The lowest BCUT2D eigenvalue weighted by atomic mass is 9.99. The summed E-state index contributed by atoms with van der Waals surface area (Å²) in [4.78, 5) is 26.7. The Labute approximate surface area is 514 Å². The predicted molar refractivity (Wildman–Crippen MR) is 352 cm³/mol. The molecule has 0 aromatic carbocycles. The topological polar surface area (TPSA) is 175 Å². The Hall–Kier alpha value is -3.42. The number of hydrogen-bond donors (Lipinski definition) is 6. The van der Waals surface area contributed by atoms with Crippen molar-refractivity contribution in [2.24, 2.45) is 0 Å². The van der Waals surface area contributed by atoms with Crippen LogP contribution in [-0.2, 0) is 23.8 Å². The first-order valence-corrected chi connectivity index (χ1v) is 34.5. The van der Waals surface area contributed by atoms with Crippen LogP contribution in [0.3, 0.4) is 0 Å². The normalized spacial score (nSPS) is 19.1. The zero-order valence-electron chi connectivity index (χ0n) is 53.7. The molecule has 1 saturated heterocycles. The van der Waals surface area contributed by atoms with Gasteiger partial charge in [0.1, 0.15) is 24.4 Å². The molecule has 1 fully saturated rings. The fourth-order valence-electron chi connectivity index (χ4n) is 10.3. The standard InChI is InChI=1S/C73H127NO10/c1-4-7-10-13-16-19-22-25-27-29-31-33-34-35-37-39-41-43-46-49-52-55-58-61-68(78)84-71-70(80)69(79)67(62-75)83-73(71)82-63-64(65(76)59-56-53-50-47-44-24-21-18-15-12-9-6-3)74-72(81)66(77)60-57-54-51-48-45-42-40-38-36-32-30-28-26-23-20-17-14-11-8-5-2/h7,10,16-17,19-20,25-28,31,33,35,37,56,59,64-67,69-71,73,75-77,79-80H,4-6,8-9,11-15,18,21-24,29-30,32,34,36,38-55,57-58,60-63H2,1-3H3,(H,74,81)/b10-7-,19-16-,20-17-,27-25-,28-26-,33-31-,37-35-,59-56+. The van der Waals surface area contributed by atoms with E-state index in [4.69, 9.17) is 14.2 Å². The highest BCUT2D eigenvalue weighted by atomic mass is 16.7. The van der Waals surface area contributed by atoms with Gasteiger partial charge in [-0.15, -0.1) is 0 Å². The maximum absolute atomic E-state index is 13.5. The van der Waals surface area contributed by atoms with Crippen LogP contribution >= 0.6 is 0 Å². The van der Waals surface area contributed by atoms with E-state index in [0.717, 1.165) is 128 Å². The van der Waals surface area contributed by atoms with Crippen LogP contribution in [0.5, 0.6) is 0 Å². The van der Waals surface area contributed by atoms with Gasteiger partial charge in [0.2, 0.25) is 5.91 Å². The van der Waals surface area contributed by atoms with E-state index in [1.807, 2.05) is 6.08 Å². The molecule has 0 radical (unpaired) electrons. The van der Waals surface area contributed by atoms with Gasteiger partial charge in [0.15, 0.2) is 12.4 Å². The molecule has 0 saturated carbocycles. The summed E-state index contributed by atoms with van der Waals surface area (Å²) in [6.45, 7) is 5.66. The Kier molecular flexibility index (Phi) is 56.0. The fraction of sp³-hybridized carbons (Fsp3) is 0.753. The first kappa shape index (κ1) is 78.6. The number of rotatable bonds is 58. The van der Waals surface area contributed by atoms with Crippen LogP contribution in [0.4, 0.5) is 0 Å². The van der Waals surface area contributed by atoms with E-state index in [1.165, 1.54) is 116 Å². The minimum atomic E-state index is -1.62. The van der Waals surface area contributed by atoms with Gasteiger partial charge in [0.25, 0.3) is 0 Å². The molecule has 11 nitrogen and oxygen atoms in total. The molecule has 0 aromatic rings. The van der Waals surface area contributed by atoms with Gasteiger partial charge in [0.05, 0.1) is 25.4 Å². The second-order valence-electron chi connectivity index (χ2n) is 23.5. The molecule has 1 aliphatic rings. The third-order valence-corrected chi connectivity index (χ3v) is 15.7. The van der Waals surface area contributed by atoms with Crippen LogP contribution in [0, 0.1) is 0 Å². The molecule has 84 heavy (non-hydrogen) atoms. The minimum Gasteiger partial charge on any atom is -0.454 e. The highest BCUT2D eigenvalue weighted by Gasteiger charge is 2.47. The van der Waals surface area contributed by atoms with Crippen molar-refractivity contribution < 1.29 is 49.3 Å². The number of carbonyl (C=O) groups is 2. The number of nitrogens with one attached hydrogen (secondary N) is 1. The zero-order chi connectivity index (χ0) is 61.0. The van der Waals surface area contributed by atoms with Crippen molar-refractivity contribution >= 4 is 11.9 Å². The molecule has 1 amide bonds. The largest absolute Gasteiger partial charge is 0.454 e. The number of aliphatic hydroxyl groups is 5. The molecular weight excluding hydrogens is 1050 g/mol.